The number of ether oxygens (including phenoxy) is 1. The maximum atomic E-state index is 12.9. The van der Waals surface area contributed by atoms with Gasteiger partial charge in [-0.1, -0.05) is 6.07 Å². The van der Waals surface area contributed by atoms with E-state index in [4.69, 9.17) is 10.5 Å². The lowest BCUT2D eigenvalue weighted by molar-refractivity contribution is 0.298. The number of hydrogen-bond donors (Lipinski definition) is 1. The van der Waals surface area contributed by atoms with Gasteiger partial charge in [0.05, 0.1) is 5.69 Å². The summed E-state index contributed by atoms with van der Waals surface area (Å²) in [5.41, 5.74) is 6.12. The number of aromatic nitrogens is 1. The fourth-order valence-electron chi connectivity index (χ4n) is 1.30. The highest BCUT2D eigenvalue weighted by Gasteiger charge is 2.03. The van der Waals surface area contributed by atoms with E-state index in [0.29, 0.717) is 11.5 Å². The maximum absolute atomic E-state index is 12.9. The van der Waals surface area contributed by atoms with E-state index in [1.807, 2.05) is 0 Å². The number of nitrogens with zero attached hydrogens (tertiary/aromatic N) is 1. The standard InChI is InChI=1S/C12H10F2N2O/c13-10-5-4-9(6-11(10)14)17-7-8-2-1-3-12(15)16-8/h1-6H,7H2,(H2,15,16). The third kappa shape index (κ3) is 2.90. The Bertz CT molecular complexity index is 532. The number of anilines is 1. The van der Waals surface area contributed by atoms with Crippen LogP contribution in [0.3, 0.4) is 0 Å². The quantitative estimate of drug-likeness (QED) is 0.890. The van der Waals surface area contributed by atoms with Crippen molar-refractivity contribution in [1.82, 2.24) is 4.98 Å². The van der Waals surface area contributed by atoms with Crippen LogP contribution in [0.15, 0.2) is 36.4 Å². The molecule has 0 spiro atoms. The summed E-state index contributed by atoms with van der Waals surface area (Å²) < 4.78 is 30.8. The van der Waals surface area contributed by atoms with E-state index in [2.05, 4.69) is 4.98 Å². The molecular formula is C12H10F2N2O. The molecule has 0 fully saturated rings. The van der Waals surface area contributed by atoms with Crippen molar-refractivity contribution in [3.8, 4) is 5.75 Å². The van der Waals surface area contributed by atoms with E-state index in [9.17, 15) is 8.78 Å². The van der Waals surface area contributed by atoms with Crippen LogP contribution >= 0.6 is 0 Å². The molecule has 2 rings (SSSR count). The normalized spacial score (nSPS) is 10.2. The Morgan fingerprint density at radius 3 is 2.65 bits per heavy atom. The van der Waals surface area contributed by atoms with Crippen LogP contribution in [0.1, 0.15) is 5.69 Å². The van der Waals surface area contributed by atoms with Gasteiger partial charge in [0.25, 0.3) is 0 Å². The zero-order chi connectivity index (χ0) is 12.3. The van der Waals surface area contributed by atoms with Gasteiger partial charge >= 0.3 is 0 Å². The van der Waals surface area contributed by atoms with Crippen LogP contribution in [-0.2, 0) is 6.61 Å². The number of nitrogens with two attached hydrogens (primary N) is 1. The van der Waals surface area contributed by atoms with Crippen molar-refractivity contribution >= 4 is 5.82 Å². The topological polar surface area (TPSA) is 48.1 Å². The minimum Gasteiger partial charge on any atom is -0.487 e. The fourth-order valence-corrected chi connectivity index (χ4v) is 1.30. The second-order valence-corrected chi connectivity index (χ2v) is 3.42. The molecule has 0 saturated carbocycles. The first-order valence-corrected chi connectivity index (χ1v) is 4.94. The first-order valence-electron chi connectivity index (χ1n) is 4.94. The molecule has 2 aromatic rings. The molecule has 5 heteroatoms. The lowest BCUT2D eigenvalue weighted by Gasteiger charge is -2.06. The zero-order valence-electron chi connectivity index (χ0n) is 8.86. The Labute approximate surface area is 96.9 Å². The molecular weight excluding hydrogens is 226 g/mol. The number of rotatable bonds is 3. The van der Waals surface area contributed by atoms with Crippen molar-refractivity contribution < 1.29 is 13.5 Å². The highest BCUT2D eigenvalue weighted by molar-refractivity contribution is 5.29. The average Bonchev–Trinajstić information content (AvgIpc) is 2.31. The summed E-state index contributed by atoms with van der Waals surface area (Å²) in [4.78, 5) is 4.01. The molecule has 1 heterocycles. The van der Waals surface area contributed by atoms with Crippen LogP contribution in [0.2, 0.25) is 0 Å². The Balaban J connectivity index is 2.05. The van der Waals surface area contributed by atoms with Gasteiger partial charge in [-0.15, -0.1) is 0 Å². The summed E-state index contributed by atoms with van der Waals surface area (Å²) in [5.74, 6) is -1.22. The van der Waals surface area contributed by atoms with Gasteiger partial charge in [-0.25, -0.2) is 13.8 Å². The van der Waals surface area contributed by atoms with Crippen molar-refractivity contribution in [3.63, 3.8) is 0 Å². The first-order chi connectivity index (χ1) is 8.15. The molecule has 0 aliphatic carbocycles. The number of benzene rings is 1. The summed E-state index contributed by atoms with van der Waals surface area (Å²) in [6.07, 6.45) is 0. The molecule has 0 unspecified atom stereocenters. The summed E-state index contributed by atoms with van der Waals surface area (Å²) in [7, 11) is 0. The Morgan fingerprint density at radius 1 is 1.12 bits per heavy atom. The van der Waals surface area contributed by atoms with Gasteiger partial charge in [0.2, 0.25) is 0 Å². The summed E-state index contributed by atoms with van der Waals surface area (Å²) in [6, 6.07) is 8.48. The second-order valence-electron chi connectivity index (χ2n) is 3.42. The van der Waals surface area contributed by atoms with Crippen molar-refractivity contribution in [3.05, 3.63) is 53.7 Å². The van der Waals surface area contributed by atoms with Crippen LogP contribution in [0.25, 0.3) is 0 Å². The van der Waals surface area contributed by atoms with Gasteiger partial charge < -0.3 is 10.5 Å². The number of halogens is 2. The molecule has 0 aliphatic rings. The molecule has 0 atom stereocenters. The van der Waals surface area contributed by atoms with Crippen molar-refractivity contribution in [2.45, 2.75) is 6.61 Å². The van der Waals surface area contributed by atoms with E-state index in [-0.39, 0.29) is 12.4 Å². The second kappa shape index (κ2) is 4.78. The molecule has 0 saturated heterocycles. The molecule has 0 aliphatic heterocycles. The van der Waals surface area contributed by atoms with Crippen LogP contribution in [0, 0.1) is 11.6 Å². The van der Waals surface area contributed by atoms with Gasteiger partial charge in [-0.2, -0.15) is 0 Å². The van der Waals surface area contributed by atoms with E-state index in [1.165, 1.54) is 6.07 Å². The third-order valence-corrected chi connectivity index (χ3v) is 2.11. The van der Waals surface area contributed by atoms with Gasteiger partial charge in [-0.05, 0) is 24.3 Å². The summed E-state index contributed by atoms with van der Waals surface area (Å²) in [6.45, 7) is 0.149. The van der Waals surface area contributed by atoms with Crippen molar-refractivity contribution in [2.24, 2.45) is 0 Å². The van der Waals surface area contributed by atoms with Gasteiger partial charge in [0, 0.05) is 6.07 Å². The monoisotopic (exact) mass is 236 g/mol. The predicted molar refractivity (Wildman–Crippen MR) is 59.3 cm³/mol. The first kappa shape index (κ1) is 11.3. The number of nitrogen functional groups attached to an aromatic ring is 1. The van der Waals surface area contributed by atoms with Gasteiger partial charge in [0.1, 0.15) is 18.2 Å². The predicted octanol–water partition coefficient (Wildman–Crippen LogP) is 2.52. The molecule has 0 bridgehead atoms. The van der Waals surface area contributed by atoms with Crippen LogP contribution in [0.5, 0.6) is 5.75 Å². The highest BCUT2D eigenvalue weighted by Crippen LogP contribution is 2.16. The number of hydrogen-bond acceptors (Lipinski definition) is 3. The molecule has 88 valence electrons. The fraction of sp³-hybridized carbons (Fsp3) is 0.0833. The minimum atomic E-state index is -0.942. The third-order valence-electron chi connectivity index (χ3n) is 2.11. The zero-order valence-corrected chi connectivity index (χ0v) is 8.86. The SMILES string of the molecule is Nc1cccc(COc2ccc(F)c(F)c2)n1. The van der Waals surface area contributed by atoms with E-state index < -0.39 is 11.6 Å². The van der Waals surface area contributed by atoms with Crippen molar-refractivity contribution in [1.29, 1.82) is 0 Å². The molecule has 2 N–H and O–H groups in total. The molecule has 1 aromatic carbocycles. The highest BCUT2D eigenvalue weighted by atomic mass is 19.2. The summed E-state index contributed by atoms with van der Waals surface area (Å²) >= 11 is 0. The lowest BCUT2D eigenvalue weighted by Crippen LogP contribution is -2.00. The smallest absolute Gasteiger partial charge is 0.162 e. The van der Waals surface area contributed by atoms with Crippen LogP contribution in [-0.4, -0.2) is 4.98 Å². The molecule has 0 amide bonds. The molecule has 1 aromatic heterocycles. The van der Waals surface area contributed by atoms with Crippen molar-refractivity contribution in [2.75, 3.05) is 5.73 Å². The van der Waals surface area contributed by atoms with Crippen LogP contribution < -0.4 is 10.5 Å². The minimum absolute atomic E-state index is 0.149. The largest absolute Gasteiger partial charge is 0.487 e. The Morgan fingerprint density at radius 2 is 1.94 bits per heavy atom. The Hall–Kier alpha value is -2.17. The molecule has 3 nitrogen and oxygen atoms in total. The lowest BCUT2D eigenvalue weighted by atomic mass is 10.3. The number of pyridine rings is 1. The summed E-state index contributed by atoms with van der Waals surface area (Å²) in [5, 5.41) is 0. The van der Waals surface area contributed by atoms with E-state index in [0.717, 1.165) is 12.1 Å². The van der Waals surface area contributed by atoms with Gasteiger partial charge in [0.15, 0.2) is 11.6 Å². The average molecular weight is 236 g/mol. The molecule has 17 heavy (non-hydrogen) atoms. The van der Waals surface area contributed by atoms with E-state index >= 15 is 0 Å². The Kier molecular flexibility index (Phi) is 3.18. The molecule has 0 radical (unpaired) electrons. The van der Waals surface area contributed by atoms with E-state index in [1.54, 1.807) is 18.2 Å². The van der Waals surface area contributed by atoms with Crippen LogP contribution in [0.4, 0.5) is 14.6 Å². The maximum Gasteiger partial charge on any atom is 0.162 e. The van der Waals surface area contributed by atoms with Gasteiger partial charge in [-0.3, -0.25) is 0 Å².